The van der Waals surface area contributed by atoms with Gasteiger partial charge in [0.25, 0.3) is 0 Å². The fraction of sp³-hybridized carbons (Fsp3) is 0.185. The monoisotopic (exact) mass is 446 g/mol. The number of aryl methyl sites for hydroxylation is 1. The van der Waals surface area contributed by atoms with Crippen LogP contribution in [0.25, 0.3) is 39.1 Å². The second kappa shape index (κ2) is 7.45. The van der Waals surface area contributed by atoms with Crippen LogP contribution in [0.1, 0.15) is 29.7 Å². The van der Waals surface area contributed by atoms with E-state index in [4.69, 9.17) is 10.7 Å². The molecule has 7 heteroatoms. The quantitative estimate of drug-likeness (QED) is 0.431. The van der Waals surface area contributed by atoms with Gasteiger partial charge >= 0.3 is 0 Å². The molecule has 1 aliphatic carbocycles. The van der Waals surface area contributed by atoms with Crippen LogP contribution >= 0.6 is 0 Å². The molecule has 0 atom stereocenters. The van der Waals surface area contributed by atoms with Crippen LogP contribution in [0.5, 0.6) is 0 Å². The highest BCUT2D eigenvalue weighted by Crippen LogP contribution is 2.40. The lowest BCUT2D eigenvalue weighted by molar-refractivity contribution is 0.0209. The number of nitrogens with two attached hydrogens (primary N) is 1. The molecule has 1 fully saturated rings. The Kier molecular flexibility index (Phi) is 4.49. The van der Waals surface area contributed by atoms with Crippen LogP contribution in [0.2, 0.25) is 0 Å². The summed E-state index contributed by atoms with van der Waals surface area (Å²) in [4.78, 5) is 9.61. The van der Waals surface area contributed by atoms with E-state index < -0.39 is 5.54 Å². The molecule has 0 amide bonds. The third-order valence-electron chi connectivity index (χ3n) is 6.64. The van der Waals surface area contributed by atoms with Crippen molar-refractivity contribution < 1.29 is 5.11 Å². The Bertz CT molecular complexity index is 1590. The number of pyridine rings is 1. The lowest BCUT2D eigenvalue weighted by Crippen LogP contribution is -2.51. The van der Waals surface area contributed by atoms with Gasteiger partial charge in [-0.3, -0.25) is 0 Å². The Hall–Kier alpha value is -4.12. The normalized spacial score (nSPS) is 19.8. The molecule has 7 nitrogen and oxygen atoms in total. The minimum absolute atomic E-state index is 0.330. The Labute approximate surface area is 196 Å². The molecule has 3 aromatic heterocycles. The highest BCUT2D eigenvalue weighted by Gasteiger charge is 2.41. The van der Waals surface area contributed by atoms with Crippen LogP contribution in [0.15, 0.2) is 66.9 Å². The molecule has 0 aliphatic heterocycles. The lowest BCUT2D eigenvalue weighted by atomic mass is 9.70. The molecular weight excluding hydrogens is 424 g/mol. The van der Waals surface area contributed by atoms with E-state index in [1.807, 2.05) is 67.7 Å². The molecule has 0 saturated heterocycles. The minimum atomic E-state index is -0.477. The van der Waals surface area contributed by atoms with Crippen LogP contribution in [-0.2, 0) is 5.54 Å². The van der Waals surface area contributed by atoms with E-state index in [9.17, 15) is 10.4 Å². The van der Waals surface area contributed by atoms with Crippen molar-refractivity contribution in [2.24, 2.45) is 5.73 Å². The van der Waals surface area contributed by atoms with Gasteiger partial charge in [0, 0.05) is 34.3 Å². The van der Waals surface area contributed by atoms with Gasteiger partial charge in [0.05, 0.1) is 29.1 Å². The zero-order chi connectivity index (χ0) is 23.4. The molecule has 166 valence electrons. The molecule has 1 saturated carbocycles. The summed E-state index contributed by atoms with van der Waals surface area (Å²) in [6.07, 6.45) is 2.63. The summed E-state index contributed by atoms with van der Waals surface area (Å²) in [7, 11) is 0. The van der Waals surface area contributed by atoms with E-state index in [1.165, 1.54) is 0 Å². The Balaban J connectivity index is 1.55. The smallest absolute Gasteiger partial charge is 0.165 e. The lowest BCUT2D eigenvalue weighted by Gasteiger charge is -2.42. The molecule has 0 radical (unpaired) electrons. The summed E-state index contributed by atoms with van der Waals surface area (Å²) in [5, 5.41) is 24.4. The van der Waals surface area contributed by atoms with Gasteiger partial charge in [0.2, 0.25) is 0 Å². The standard InChI is InChI=1S/C27H22N6O/c1-16-10-24-30-15-20-11-23(18-4-2-17(14-28)3-5-18)25(31-26(20)33(24)32-16)19-6-8-21(9-7-19)27(29)12-22(34)13-27/h2-11,15,22,34H,12-13,29H2,1H3/t22-,27-. The number of nitriles is 1. The zero-order valence-corrected chi connectivity index (χ0v) is 18.6. The van der Waals surface area contributed by atoms with Crippen molar-refractivity contribution in [3.8, 4) is 28.5 Å². The average molecular weight is 447 g/mol. The fourth-order valence-electron chi connectivity index (χ4n) is 4.79. The average Bonchev–Trinajstić information content (AvgIpc) is 3.23. The molecule has 5 aromatic rings. The van der Waals surface area contributed by atoms with Gasteiger partial charge in [0.15, 0.2) is 11.3 Å². The molecule has 3 heterocycles. The fourth-order valence-corrected chi connectivity index (χ4v) is 4.79. The largest absolute Gasteiger partial charge is 0.393 e. The summed E-state index contributed by atoms with van der Waals surface area (Å²) in [5.74, 6) is 0. The Morgan fingerprint density at radius 1 is 1.06 bits per heavy atom. The maximum absolute atomic E-state index is 9.74. The van der Waals surface area contributed by atoms with Crippen molar-refractivity contribution in [1.29, 1.82) is 5.26 Å². The van der Waals surface area contributed by atoms with Crippen LogP contribution < -0.4 is 5.73 Å². The number of aromatic nitrogens is 4. The SMILES string of the molecule is Cc1cc2ncc3cc(-c4ccc(C#N)cc4)c(-c4ccc([C@]5(N)C[C@H](O)C5)cc4)nc3n2n1. The van der Waals surface area contributed by atoms with E-state index >= 15 is 0 Å². The topological polar surface area (TPSA) is 113 Å². The number of nitrogens with zero attached hydrogens (tertiary/aromatic N) is 5. The summed E-state index contributed by atoms with van der Waals surface area (Å²) < 4.78 is 1.77. The van der Waals surface area contributed by atoms with Crippen molar-refractivity contribution in [1.82, 2.24) is 19.6 Å². The summed E-state index contributed by atoms with van der Waals surface area (Å²) >= 11 is 0. The Morgan fingerprint density at radius 2 is 1.76 bits per heavy atom. The maximum atomic E-state index is 9.74. The van der Waals surface area contributed by atoms with Crippen LogP contribution in [-0.4, -0.2) is 30.8 Å². The summed E-state index contributed by atoms with van der Waals surface area (Å²) in [6, 6.07) is 21.8. The maximum Gasteiger partial charge on any atom is 0.165 e. The van der Waals surface area contributed by atoms with Crippen molar-refractivity contribution >= 4 is 16.7 Å². The third-order valence-corrected chi connectivity index (χ3v) is 6.64. The van der Waals surface area contributed by atoms with E-state index in [0.29, 0.717) is 18.4 Å². The van der Waals surface area contributed by atoms with Crippen molar-refractivity contribution in [3.05, 3.63) is 83.7 Å². The first kappa shape index (κ1) is 20.5. The number of fused-ring (bicyclic) bond motifs is 3. The number of benzene rings is 2. The van der Waals surface area contributed by atoms with E-state index in [2.05, 4.69) is 22.2 Å². The van der Waals surface area contributed by atoms with Gasteiger partial charge < -0.3 is 10.8 Å². The summed E-state index contributed by atoms with van der Waals surface area (Å²) in [5.41, 5.74) is 13.6. The van der Waals surface area contributed by atoms with Crippen LogP contribution in [0.3, 0.4) is 0 Å². The number of hydrogen-bond donors (Lipinski definition) is 2. The molecule has 0 unspecified atom stereocenters. The molecular formula is C27H22N6O. The van der Waals surface area contributed by atoms with Gasteiger partial charge in [0.1, 0.15) is 0 Å². The predicted molar refractivity (Wildman–Crippen MR) is 130 cm³/mol. The number of rotatable bonds is 3. The molecule has 6 rings (SSSR count). The van der Waals surface area contributed by atoms with E-state index in [-0.39, 0.29) is 6.10 Å². The first-order valence-electron chi connectivity index (χ1n) is 11.2. The second-order valence-electron chi connectivity index (χ2n) is 9.10. The molecule has 0 spiro atoms. The predicted octanol–water partition coefficient (Wildman–Crippen LogP) is 4.10. The van der Waals surface area contributed by atoms with E-state index in [0.717, 1.165) is 50.3 Å². The van der Waals surface area contributed by atoms with Crippen molar-refractivity contribution in [2.45, 2.75) is 31.4 Å². The Morgan fingerprint density at radius 3 is 2.44 bits per heavy atom. The highest BCUT2D eigenvalue weighted by molar-refractivity contribution is 5.90. The first-order valence-corrected chi connectivity index (χ1v) is 11.2. The van der Waals surface area contributed by atoms with Crippen molar-refractivity contribution in [2.75, 3.05) is 0 Å². The molecule has 2 aromatic carbocycles. The number of hydrogen-bond acceptors (Lipinski definition) is 6. The van der Waals surface area contributed by atoms with Gasteiger partial charge in [-0.05, 0) is 49.1 Å². The molecule has 0 bridgehead atoms. The number of aliphatic hydroxyl groups is 1. The molecule has 1 aliphatic rings. The van der Waals surface area contributed by atoms with Crippen LogP contribution in [0, 0.1) is 18.3 Å². The summed E-state index contributed by atoms with van der Waals surface area (Å²) in [6.45, 7) is 1.94. The third kappa shape index (κ3) is 3.24. The highest BCUT2D eigenvalue weighted by atomic mass is 16.3. The second-order valence-corrected chi connectivity index (χ2v) is 9.10. The van der Waals surface area contributed by atoms with Gasteiger partial charge in [-0.25, -0.2) is 9.97 Å². The van der Waals surface area contributed by atoms with Gasteiger partial charge in [-0.1, -0.05) is 36.4 Å². The zero-order valence-electron chi connectivity index (χ0n) is 18.6. The molecule has 3 N–H and O–H groups in total. The van der Waals surface area contributed by atoms with Gasteiger partial charge in [-0.2, -0.15) is 14.9 Å². The number of aliphatic hydroxyl groups excluding tert-OH is 1. The van der Waals surface area contributed by atoms with E-state index in [1.54, 1.807) is 4.52 Å². The van der Waals surface area contributed by atoms with Crippen molar-refractivity contribution in [3.63, 3.8) is 0 Å². The van der Waals surface area contributed by atoms with Crippen LogP contribution in [0.4, 0.5) is 0 Å². The first-order chi connectivity index (χ1) is 16.4. The molecule has 34 heavy (non-hydrogen) atoms. The van der Waals surface area contributed by atoms with Gasteiger partial charge in [-0.15, -0.1) is 0 Å². The minimum Gasteiger partial charge on any atom is -0.393 e.